The lowest BCUT2D eigenvalue weighted by Gasteiger charge is -2.20. The molecule has 0 radical (unpaired) electrons. The number of nitrogens with zero attached hydrogens (tertiary/aromatic N) is 2. The Bertz CT molecular complexity index is 447. The maximum Gasteiger partial charge on any atom is 0.139 e. The number of hydrogen-bond donors (Lipinski definition) is 0. The molecule has 0 unspecified atom stereocenters. The number of halogens is 1. The number of Topliss-reactive ketones (excluding diaryl/α,β-unsaturated/α-hetero) is 1. The van der Waals surface area contributed by atoms with E-state index in [9.17, 15) is 4.79 Å². The van der Waals surface area contributed by atoms with Gasteiger partial charge in [0.15, 0.2) is 0 Å². The van der Waals surface area contributed by atoms with Crippen LogP contribution in [0.25, 0.3) is 0 Å². The standard InChI is InChI=1S/C15H23ClN2O/c1-3-18-14(15(16)11(2)17-18)10-13(19)9-12-7-5-4-6-8-12/h12H,3-10H2,1-2H3. The second-order valence-corrected chi connectivity index (χ2v) is 5.96. The number of hydrogen-bond acceptors (Lipinski definition) is 2. The van der Waals surface area contributed by atoms with Crippen LogP contribution in [-0.2, 0) is 17.8 Å². The summed E-state index contributed by atoms with van der Waals surface area (Å²) in [5.74, 6) is 0.905. The molecular weight excluding hydrogens is 260 g/mol. The lowest BCUT2D eigenvalue weighted by molar-refractivity contribution is -0.119. The summed E-state index contributed by atoms with van der Waals surface area (Å²) in [6, 6.07) is 0. The highest BCUT2D eigenvalue weighted by atomic mass is 35.5. The van der Waals surface area contributed by atoms with E-state index in [2.05, 4.69) is 5.10 Å². The van der Waals surface area contributed by atoms with Gasteiger partial charge in [-0.05, 0) is 19.8 Å². The summed E-state index contributed by atoms with van der Waals surface area (Å²) in [5.41, 5.74) is 1.71. The van der Waals surface area contributed by atoms with Gasteiger partial charge in [0.05, 0.1) is 16.4 Å². The smallest absolute Gasteiger partial charge is 0.139 e. The predicted octanol–water partition coefficient (Wildman–Crippen LogP) is 3.95. The molecule has 0 bridgehead atoms. The molecule has 106 valence electrons. The van der Waals surface area contributed by atoms with Gasteiger partial charge in [0.1, 0.15) is 5.78 Å². The molecule has 0 saturated heterocycles. The van der Waals surface area contributed by atoms with Crippen LogP contribution in [-0.4, -0.2) is 15.6 Å². The summed E-state index contributed by atoms with van der Waals surface area (Å²) in [4.78, 5) is 12.2. The predicted molar refractivity (Wildman–Crippen MR) is 77.6 cm³/mol. The third kappa shape index (κ3) is 3.59. The third-order valence-electron chi connectivity index (χ3n) is 4.06. The lowest BCUT2D eigenvalue weighted by Crippen LogP contribution is -2.15. The van der Waals surface area contributed by atoms with Gasteiger partial charge in [0.2, 0.25) is 0 Å². The van der Waals surface area contributed by atoms with Gasteiger partial charge in [0.25, 0.3) is 0 Å². The molecule has 2 rings (SSSR count). The summed E-state index contributed by atoms with van der Waals surface area (Å²) in [5, 5.41) is 5.03. The van der Waals surface area contributed by atoms with Gasteiger partial charge in [-0.25, -0.2) is 0 Å². The van der Waals surface area contributed by atoms with Crippen LogP contribution in [0.5, 0.6) is 0 Å². The first-order chi connectivity index (χ1) is 9.11. The Morgan fingerprint density at radius 1 is 1.37 bits per heavy atom. The van der Waals surface area contributed by atoms with Crippen LogP contribution in [0.15, 0.2) is 0 Å². The fraction of sp³-hybridized carbons (Fsp3) is 0.733. The Morgan fingerprint density at radius 3 is 2.68 bits per heavy atom. The van der Waals surface area contributed by atoms with Crippen LogP contribution in [0.1, 0.15) is 56.8 Å². The highest BCUT2D eigenvalue weighted by molar-refractivity contribution is 6.32. The van der Waals surface area contributed by atoms with Crippen LogP contribution in [0, 0.1) is 12.8 Å². The van der Waals surface area contributed by atoms with E-state index >= 15 is 0 Å². The van der Waals surface area contributed by atoms with Gasteiger partial charge in [-0.15, -0.1) is 0 Å². The second-order valence-electron chi connectivity index (χ2n) is 5.59. The molecule has 0 spiro atoms. The molecule has 1 fully saturated rings. The monoisotopic (exact) mass is 282 g/mol. The van der Waals surface area contributed by atoms with E-state index in [1.165, 1.54) is 32.1 Å². The van der Waals surface area contributed by atoms with E-state index in [-0.39, 0.29) is 0 Å². The van der Waals surface area contributed by atoms with Crippen LogP contribution in [0.3, 0.4) is 0 Å². The quantitative estimate of drug-likeness (QED) is 0.820. The molecule has 0 amide bonds. The molecule has 1 aromatic heterocycles. The van der Waals surface area contributed by atoms with Gasteiger partial charge in [-0.2, -0.15) is 5.10 Å². The molecule has 4 heteroatoms. The van der Waals surface area contributed by atoms with Gasteiger partial charge >= 0.3 is 0 Å². The molecule has 1 aliphatic carbocycles. The second kappa shape index (κ2) is 6.56. The van der Waals surface area contributed by atoms with E-state index in [1.807, 2.05) is 18.5 Å². The molecule has 19 heavy (non-hydrogen) atoms. The number of carbonyl (C=O) groups is 1. The number of rotatable bonds is 5. The zero-order chi connectivity index (χ0) is 13.8. The molecule has 0 aromatic carbocycles. The Labute approximate surface area is 120 Å². The highest BCUT2D eigenvalue weighted by Gasteiger charge is 2.20. The Morgan fingerprint density at radius 2 is 2.05 bits per heavy atom. The summed E-state index contributed by atoms with van der Waals surface area (Å²) in [6.45, 7) is 4.68. The maximum atomic E-state index is 12.2. The normalized spacial score (nSPS) is 16.8. The number of carbonyl (C=O) groups excluding carboxylic acids is 1. The summed E-state index contributed by atoms with van der Waals surface area (Å²) in [7, 11) is 0. The molecule has 0 atom stereocenters. The van der Waals surface area contributed by atoms with Crippen LogP contribution < -0.4 is 0 Å². The minimum Gasteiger partial charge on any atom is -0.299 e. The van der Waals surface area contributed by atoms with Crippen molar-refractivity contribution in [2.24, 2.45) is 5.92 Å². The highest BCUT2D eigenvalue weighted by Crippen LogP contribution is 2.28. The zero-order valence-electron chi connectivity index (χ0n) is 11.9. The van der Waals surface area contributed by atoms with Crippen LogP contribution >= 0.6 is 11.6 Å². The molecule has 1 heterocycles. The Hall–Kier alpha value is -0.830. The summed E-state index contributed by atoms with van der Waals surface area (Å²) < 4.78 is 1.86. The van der Waals surface area contributed by atoms with Crippen molar-refractivity contribution < 1.29 is 4.79 Å². The first-order valence-electron chi connectivity index (χ1n) is 7.35. The van der Waals surface area contributed by atoms with Crippen molar-refractivity contribution in [1.29, 1.82) is 0 Å². The van der Waals surface area contributed by atoms with Crippen molar-refractivity contribution in [2.45, 2.75) is 65.3 Å². The van der Waals surface area contributed by atoms with E-state index in [4.69, 9.17) is 11.6 Å². The van der Waals surface area contributed by atoms with Crippen molar-refractivity contribution >= 4 is 17.4 Å². The SMILES string of the molecule is CCn1nc(C)c(Cl)c1CC(=O)CC1CCCCC1. The summed E-state index contributed by atoms with van der Waals surface area (Å²) >= 11 is 6.24. The van der Waals surface area contributed by atoms with Crippen LogP contribution in [0.2, 0.25) is 5.02 Å². The van der Waals surface area contributed by atoms with Crippen molar-refractivity contribution in [3.8, 4) is 0 Å². The molecule has 0 N–H and O–H groups in total. The minimum absolute atomic E-state index is 0.309. The number of ketones is 1. The zero-order valence-corrected chi connectivity index (χ0v) is 12.7. The van der Waals surface area contributed by atoms with Gasteiger partial charge in [-0.1, -0.05) is 43.7 Å². The Kier molecular flexibility index (Phi) is 5.03. The van der Waals surface area contributed by atoms with Crippen molar-refractivity contribution in [1.82, 2.24) is 9.78 Å². The maximum absolute atomic E-state index is 12.2. The minimum atomic E-state index is 0.309. The number of aromatic nitrogens is 2. The average Bonchev–Trinajstić information content (AvgIpc) is 2.67. The van der Waals surface area contributed by atoms with Crippen molar-refractivity contribution in [3.05, 3.63) is 16.4 Å². The first kappa shape index (κ1) is 14.6. The van der Waals surface area contributed by atoms with Crippen molar-refractivity contribution in [2.75, 3.05) is 0 Å². The fourth-order valence-corrected chi connectivity index (χ4v) is 3.21. The molecule has 3 nitrogen and oxygen atoms in total. The lowest BCUT2D eigenvalue weighted by atomic mass is 9.85. The molecule has 0 aliphatic heterocycles. The average molecular weight is 283 g/mol. The topological polar surface area (TPSA) is 34.9 Å². The van der Waals surface area contributed by atoms with E-state index in [0.717, 1.165) is 17.9 Å². The largest absolute Gasteiger partial charge is 0.299 e. The summed E-state index contributed by atoms with van der Waals surface area (Å²) in [6.07, 6.45) is 7.47. The molecular formula is C15H23ClN2O. The first-order valence-corrected chi connectivity index (χ1v) is 7.73. The molecule has 1 aliphatic rings. The van der Waals surface area contributed by atoms with E-state index in [1.54, 1.807) is 0 Å². The fourth-order valence-electron chi connectivity index (χ4n) is 3.01. The van der Waals surface area contributed by atoms with Gasteiger partial charge in [-0.3, -0.25) is 9.48 Å². The van der Waals surface area contributed by atoms with Gasteiger partial charge < -0.3 is 0 Å². The molecule has 1 aromatic rings. The van der Waals surface area contributed by atoms with Gasteiger partial charge in [0, 0.05) is 19.4 Å². The Balaban J connectivity index is 1.98. The van der Waals surface area contributed by atoms with E-state index in [0.29, 0.717) is 29.6 Å². The number of aryl methyl sites for hydroxylation is 2. The van der Waals surface area contributed by atoms with E-state index < -0.39 is 0 Å². The van der Waals surface area contributed by atoms with Crippen LogP contribution in [0.4, 0.5) is 0 Å². The van der Waals surface area contributed by atoms with Crippen molar-refractivity contribution in [3.63, 3.8) is 0 Å². The molecule has 1 saturated carbocycles. The third-order valence-corrected chi connectivity index (χ3v) is 4.55.